The van der Waals surface area contributed by atoms with E-state index in [4.69, 9.17) is 9.15 Å². The lowest BCUT2D eigenvalue weighted by Gasteiger charge is -2.32. The third kappa shape index (κ3) is 5.01. The smallest absolute Gasteiger partial charge is 0.255 e. The minimum atomic E-state index is -0.218. The Morgan fingerprint density at radius 2 is 1.63 bits per heavy atom. The van der Waals surface area contributed by atoms with Crippen LogP contribution < -0.4 is 10.1 Å². The van der Waals surface area contributed by atoms with Gasteiger partial charge in [-0.05, 0) is 67.4 Å². The van der Waals surface area contributed by atoms with Gasteiger partial charge in [0.1, 0.15) is 17.1 Å². The third-order valence-corrected chi connectivity index (χ3v) is 6.78. The molecule has 8 nitrogen and oxygen atoms in total. The number of hydrogen-bond donors (Lipinski definition) is 1. The number of rotatable bonds is 6. The first-order chi connectivity index (χ1) is 18.6. The normalized spacial score (nSPS) is 13.9. The molecule has 0 spiro atoms. The second kappa shape index (κ2) is 10.3. The van der Waals surface area contributed by atoms with Crippen molar-refractivity contribution in [2.75, 3.05) is 18.4 Å². The van der Waals surface area contributed by atoms with E-state index in [2.05, 4.69) is 10.4 Å². The summed E-state index contributed by atoms with van der Waals surface area (Å²) in [6.07, 6.45) is 6.70. The molecule has 8 heteroatoms. The van der Waals surface area contributed by atoms with Gasteiger partial charge < -0.3 is 19.4 Å². The van der Waals surface area contributed by atoms with Crippen LogP contribution in [-0.2, 0) is 0 Å². The van der Waals surface area contributed by atoms with E-state index < -0.39 is 0 Å². The number of para-hydroxylation sites is 1. The molecule has 190 valence electrons. The molecule has 1 aliphatic heterocycles. The zero-order chi connectivity index (χ0) is 25.9. The molecule has 0 unspecified atom stereocenters. The lowest BCUT2D eigenvalue weighted by Crippen LogP contribution is -2.39. The number of carbonyl (C=O) groups excluding carboxylic acids is 2. The molecule has 3 aromatic carbocycles. The minimum Gasteiger partial charge on any atom is -0.464 e. The number of hydrogen-bond acceptors (Lipinski definition) is 5. The molecule has 0 saturated carbocycles. The second-order valence-corrected chi connectivity index (χ2v) is 9.30. The largest absolute Gasteiger partial charge is 0.464 e. The molecule has 0 bridgehead atoms. The molecule has 0 radical (unpaired) electrons. The van der Waals surface area contributed by atoms with E-state index >= 15 is 0 Å². The number of ether oxygens (including phenoxy) is 1. The number of amides is 2. The summed E-state index contributed by atoms with van der Waals surface area (Å²) in [5, 5.41) is 8.36. The van der Waals surface area contributed by atoms with Crippen molar-refractivity contribution in [2.24, 2.45) is 0 Å². The summed E-state index contributed by atoms with van der Waals surface area (Å²) in [6.45, 7) is 1.28. The first-order valence-corrected chi connectivity index (χ1v) is 12.6. The lowest BCUT2D eigenvalue weighted by molar-refractivity contribution is 0.0689. The van der Waals surface area contributed by atoms with Crippen molar-refractivity contribution >= 4 is 28.5 Å². The molecule has 38 heavy (non-hydrogen) atoms. The molecule has 2 amide bonds. The molecule has 6 rings (SSSR count). The number of furan rings is 1. The summed E-state index contributed by atoms with van der Waals surface area (Å²) in [4.78, 5) is 27.6. The van der Waals surface area contributed by atoms with Crippen LogP contribution in [0.1, 0.15) is 39.6 Å². The van der Waals surface area contributed by atoms with Crippen molar-refractivity contribution in [1.82, 2.24) is 14.7 Å². The highest BCUT2D eigenvalue weighted by Gasteiger charge is 2.25. The predicted molar refractivity (Wildman–Crippen MR) is 144 cm³/mol. The fraction of sp³-hybridized carbons (Fsp3) is 0.167. The van der Waals surface area contributed by atoms with E-state index in [1.54, 1.807) is 42.8 Å². The van der Waals surface area contributed by atoms with Crippen LogP contribution in [0, 0.1) is 0 Å². The molecule has 1 saturated heterocycles. The van der Waals surface area contributed by atoms with E-state index in [1.807, 2.05) is 64.3 Å². The molecule has 2 aromatic heterocycles. The number of anilines is 1. The van der Waals surface area contributed by atoms with E-state index in [-0.39, 0.29) is 17.9 Å². The van der Waals surface area contributed by atoms with Crippen LogP contribution in [-0.4, -0.2) is 39.6 Å². The highest BCUT2D eigenvalue weighted by atomic mass is 16.5. The number of piperidine rings is 1. The maximum atomic E-state index is 13.0. The topological polar surface area (TPSA) is 89.6 Å². The van der Waals surface area contributed by atoms with Gasteiger partial charge in [0, 0.05) is 35.8 Å². The van der Waals surface area contributed by atoms with Crippen LogP contribution in [0.15, 0.2) is 102 Å². The number of benzene rings is 3. The van der Waals surface area contributed by atoms with Gasteiger partial charge in [0.15, 0.2) is 0 Å². The summed E-state index contributed by atoms with van der Waals surface area (Å²) in [5.41, 5.74) is 2.51. The third-order valence-electron chi connectivity index (χ3n) is 6.78. The average molecular weight is 507 g/mol. The first kappa shape index (κ1) is 23.5. The highest BCUT2D eigenvalue weighted by molar-refractivity contribution is 6.04. The molecule has 3 heterocycles. The van der Waals surface area contributed by atoms with Crippen LogP contribution in [0.3, 0.4) is 0 Å². The fourth-order valence-corrected chi connectivity index (χ4v) is 4.71. The molecule has 0 aliphatic carbocycles. The van der Waals surface area contributed by atoms with E-state index in [9.17, 15) is 9.59 Å². The Hall–Kier alpha value is -4.85. The van der Waals surface area contributed by atoms with Gasteiger partial charge in [0.05, 0.1) is 24.2 Å². The Morgan fingerprint density at radius 1 is 0.895 bits per heavy atom. The standard InChI is InChI=1S/C30H26N4O4/c35-29(22-8-10-27(11-9-22)38-26-4-2-1-3-5-26)32-24-19-31-34(20-24)25-12-15-33(16-13-25)30(36)23-7-6-21-14-17-37-28(21)18-23/h1-11,14,17-20,25H,12-13,15-16H2,(H,32,35). The average Bonchev–Trinajstić information content (AvgIpc) is 3.63. The summed E-state index contributed by atoms with van der Waals surface area (Å²) < 4.78 is 13.1. The fourth-order valence-electron chi connectivity index (χ4n) is 4.71. The van der Waals surface area contributed by atoms with E-state index in [1.165, 1.54) is 0 Å². The molecule has 1 fully saturated rings. The van der Waals surface area contributed by atoms with Crippen LogP contribution in [0.4, 0.5) is 5.69 Å². The predicted octanol–water partition coefficient (Wildman–Crippen LogP) is 6.15. The monoisotopic (exact) mass is 506 g/mol. The van der Waals surface area contributed by atoms with Crippen LogP contribution in [0.25, 0.3) is 11.0 Å². The molecule has 1 N–H and O–H groups in total. The quantitative estimate of drug-likeness (QED) is 0.298. The van der Waals surface area contributed by atoms with Gasteiger partial charge in [0.2, 0.25) is 0 Å². The number of likely N-dealkylation sites (tertiary alicyclic amines) is 1. The first-order valence-electron chi connectivity index (χ1n) is 12.6. The molecule has 0 atom stereocenters. The van der Waals surface area contributed by atoms with Crippen LogP contribution in [0.5, 0.6) is 11.5 Å². The number of aromatic nitrogens is 2. The summed E-state index contributed by atoms with van der Waals surface area (Å²) in [6, 6.07) is 24.1. The van der Waals surface area contributed by atoms with E-state index in [0.29, 0.717) is 41.2 Å². The van der Waals surface area contributed by atoms with Crippen LogP contribution >= 0.6 is 0 Å². The van der Waals surface area contributed by atoms with Gasteiger partial charge in [-0.25, -0.2) is 0 Å². The van der Waals surface area contributed by atoms with Crippen LogP contribution in [0.2, 0.25) is 0 Å². The van der Waals surface area contributed by atoms with Crippen molar-refractivity contribution in [2.45, 2.75) is 18.9 Å². The van der Waals surface area contributed by atoms with Crippen molar-refractivity contribution in [3.05, 3.63) is 109 Å². The van der Waals surface area contributed by atoms with Crippen molar-refractivity contribution < 1.29 is 18.7 Å². The Bertz CT molecular complexity index is 1560. The molecular weight excluding hydrogens is 480 g/mol. The number of nitrogens with one attached hydrogen (secondary N) is 1. The Kier molecular flexibility index (Phi) is 6.35. The zero-order valence-electron chi connectivity index (χ0n) is 20.6. The number of fused-ring (bicyclic) bond motifs is 1. The Morgan fingerprint density at radius 3 is 2.42 bits per heavy atom. The van der Waals surface area contributed by atoms with Gasteiger partial charge in [-0.3, -0.25) is 14.3 Å². The zero-order valence-corrected chi connectivity index (χ0v) is 20.6. The molecular formula is C30H26N4O4. The molecule has 1 aliphatic rings. The Balaban J connectivity index is 1.03. The second-order valence-electron chi connectivity index (χ2n) is 9.30. The minimum absolute atomic E-state index is 0.00959. The van der Waals surface area contributed by atoms with Gasteiger partial charge >= 0.3 is 0 Å². The SMILES string of the molecule is O=C(Nc1cnn(C2CCN(C(=O)c3ccc4ccoc4c3)CC2)c1)c1ccc(Oc2ccccc2)cc1. The summed E-state index contributed by atoms with van der Waals surface area (Å²) >= 11 is 0. The van der Waals surface area contributed by atoms with Gasteiger partial charge in [-0.15, -0.1) is 0 Å². The van der Waals surface area contributed by atoms with E-state index in [0.717, 1.165) is 24.0 Å². The van der Waals surface area contributed by atoms with Gasteiger partial charge in [-0.1, -0.05) is 24.3 Å². The Labute approximate surface area is 219 Å². The van der Waals surface area contributed by atoms with Crippen molar-refractivity contribution in [3.63, 3.8) is 0 Å². The lowest BCUT2D eigenvalue weighted by atomic mass is 10.0. The number of carbonyl (C=O) groups is 2. The number of nitrogens with zero attached hydrogens (tertiary/aromatic N) is 3. The maximum Gasteiger partial charge on any atom is 0.255 e. The van der Waals surface area contributed by atoms with Crippen molar-refractivity contribution in [1.29, 1.82) is 0 Å². The van der Waals surface area contributed by atoms with Crippen molar-refractivity contribution in [3.8, 4) is 11.5 Å². The highest BCUT2D eigenvalue weighted by Crippen LogP contribution is 2.26. The molecule has 5 aromatic rings. The maximum absolute atomic E-state index is 13.0. The van der Waals surface area contributed by atoms with Gasteiger partial charge in [0.25, 0.3) is 11.8 Å². The summed E-state index contributed by atoms with van der Waals surface area (Å²) in [7, 11) is 0. The van der Waals surface area contributed by atoms with Gasteiger partial charge in [-0.2, -0.15) is 5.10 Å². The summed E-state index contributed by atoms with van der Waals surface area (Å²) in [5.74, 6) is 1.19.